The Kier molecular flexibility index (Phi) is 3.93. The Labute approximate surface area is 122 Å². The van der Waals surface area contributed by atoms with Crippen LogP contribution < -0.4 is 5.01 Å². The minimum atomic E-state index is -0.429. The molecule has 0 aliphatic carbocycles. The molecule has 1 aromatic rings. The van der Waals surface area contributed by atoms with E-state index in [0.717, 1.165) is 5.56 Å². The Hall–Kier alpha value is -2.44. The molecule has 7 heteroatoms. The van der Waals surface area contributed by atoms with Gasteiger partial charge < -0.3 is 4.74 Å². The van der Waals surface area contributed by atoms with Gasteiger partial charge in [-0.1, -0.05) is 0 Å². The van der Waals surface area contributed by atoms with Crippen molar-refractivity contribution in [3.8, 4) is 0 Å². The van der Waals surface area contributed by atoms with E-state index in [1.807, 2.05) is 6.92 Å². The highest BCUT2D eigenvalue weighted by atomic mass is 16.6. The maximum absolute atomic E-state index is 12.1. The summed E-state index contributed by atoms with van der Waals surface area (Å²) >= 11 is 0. The van der Waals surface area contributed by atoms with Gasteiger partial charge in [-0.3, -0.25) is 14.9 Å². The summed E-state index contributed by atoms with van der Waals surface area (Å²) in [4.78, 5) is 22.9. The van der Waals surface area contributed by atoms with E-state index in [1.54, 1.807) is 26.8 Å². The molecule has 0 radical (unpaired) electrons. The summed E-state index contributed by atoms with van der Waals surface area (Å²) in [5, 5.41) is 16.6. The molecule has 7 nitrogen and oxygen atoms in total. The summed E-state index contributed by atoms with van der Waals surface area (Å²) in [5.74, 6) is 0.0901. The number of hydrogen-bond donors (Lipinski definition) is 0. The zero-order valence-electron chi connectivity index (χ0n) is 12.5. The van der Waals surface area contributed by atoms with Crippen molar-refractivity contribution < 1.29 is 14.5 Å². The number of ether oxygens (including phenoxy) is 1. The second-order valence-electron chi connectivity index (χ2n) is 4.90. The Morgan fingerprint density at radius 3 is 2.62 bits per heavy atom. The van der Waals surface area contributed by atoms with Crippen molar-refractivity contribution in [3.63, 3.8) is 0 Å². The van der Waals surface area contributed by atoms with Crippen LogP contribution in [0.5, 0.6) is 0 Å². The molecule has 0 spiro atoms. The van der Waals surface area contributed by atoms with E-state index < -0.39 is 4.92 Å². The highest BCUT2D eigenvalue weighted by Gasteiger charge is 2.31. The summed E-state index contributed by atoms with van der Waals surface area (Å²) in [6.45, 7) is 7.35. The quantitative estimate of drug-likeness (QED) is 0.633. The lowest BCUT2D eigenvalue weighted by atomic mass is 10.0. The smallest absolute Gasteiger partial charge is 0.277 e. The third-order valence-electron chi connectivity index (χ3n) is 3.35. The number of hydrazone groups is 1. The number of carbonyl (C=O) groups is 1. The van der Waals surface area contributed by atoms with E-state index in [9.17, 15) is 14.9 Å². The van der Waals surface area contributed by atoms with Gasteiger partial charge in [-0.05, 0) is 39.3 Å². The Morgan fingerprint density at radius 2 is 2.05 bits per heavy atom. The maximum atomic E-state index is 12.1. The lowest BCUT2D eigenvalue weighted by molar-refractivity contribution is -0.386. The van der Waals surface area contributed by atoms with Crippen LogP contribution in [-0.2, 0) is 9.53 Å². The maximum Gasteiger partial charge on any atom is 0.277 e. The SMILES string of the molecule is CCOC1=NN(c2c(C)cc(C)c([N+](=O)[O-])c2C)C(=O)C1. The standard InChI is InChI=1S/C14H17N3O4/c1-5-21-11-7-12(18)16(15-11)13-8(2)6-9(3)14(10(13)4)17(19)20/h6H,5,7H2,1-4H3. The fourth-order valence-electron chi connectivity index (χ4n) is 2.60. The Morgan fingerprint density at radius 1 is 1.38 bits per heavy atom. The van der Waals surface area contributed by atoms with Crippen LogP contribution in [0.15, 0.2) is 11.2 Å². The van der Waals surface area contributed by atoms with Gasteiger partial charge in [0.15, 0.2) is 0 Å². The van der Waals surface area contributed by atoms with E-state index >= 15 is 0 Å². The van der Waals surface area contributed by atoms with Gasteiger partial charge >= 0.3 is 0 Å². The molecule has 0 atom stereocenters. The van der Waals surface area contributed by atoms with Crippen LogP contribution >= 0.6 is 0 Å². The van der Waals surface area contributed by atoms with E-state index in [-0.39, 0.29) is 18.0 Å². The summed E-state index contributed by atoms with van der Waals surface area (Å²) in [6, 6.07) is 1.70. The molecule has 1 aromatic carbocycles. The number of benzene rings is 1. The van der Waals surface area contributed by atoms with Gasteiger partial charge in [0.2, 0.25) is 5.90 Å². The third kappa shape index (κ3) is 2.58. The molecule has 1 heterocycles. The molecule has 1 aliphatic rings. The second kappa shape index (κ2) is 5.51. The first kappa shape index (κ1) is 15.0. The fraction of sp³-hybridized carbons (Fsp3) is 0.429. The van der Waals surface area contributed by atoms with E-state index in [0.29, 0.717) is 29.3 Å². The predicted octanol–water partition coefficient (Wildman–Crippen LogP) is 2.61. The average Bonchev–Trinajstić information content (AvgIpc) is 2.69. The fourth-order valence-corrected chi connectivity index (χ4v) is 2.60. The molecule has 0 saturated heterocycles. The average molecular weight is 291 g/mol. The van der Waals surface area contributed by atoms with Gasteiger partial charge in [0.25, 0.3) is 11.6 Å². The molecule has 0 bridgehead atoms. The number of carbonyl (C=O) groups excluding carboxylic acids is 1. The molecule has 0 fully saturated rings. The van der Waals surface area contributed by atoms with Crippen molar-refractivity contribution in [1.82, 2.24) is 0 Å². The number of aryl methyl sites for hydroxylation is 2. The summed E-state index contributed by atoms with van der Waals surface area (Å²) in [7, 11) is 0. The van der Waals surface area contributed by atoms with Gasteiger partial charge in [-0.25, -0.2) is 0 Å². The van der Waals surface area contributed by atoms with E-state index in [2.05, 4.69) is 5.10 Å². The van der Waals surface area contributed by atoms with Crippen LogP contribution in [0.25, 0.3) is 0 Å². The molecular formula is C14H17N3O4. The van der Waals surface area contributed by atoms with Crippen molar-refractivity contribution >= 4 is 23.2 Å². The Balaban J connectivity index is 2.57. The first-order chi connectivity index (χ1) is 9.86. The van der Waals surface area contributed by atoms with Crippen molar-refractivity contribution in [2.45, 2.75) is 34.1 Å². The minimum absolute atomic E-state index is 0.0171. The van der Waals surface area contributed by atoms with Crippen LogP contribution in [0, 0.1) is 30.9 Å². The summed E-state index contributed by atoms with van der Waals surface area (Å²) < 4.78 is 5.26. The molecular weight excluding hydrogens is 274 g/mol. The first-order valence-corrected chi connectivity index (χ1v) is 6.65. The number of hydrogen-bond acceptors (Lipinski definition) is 5. The lowest BCUT2D eigenvalue weighted by Crippen LogP contribution is -2.22. The van der Waals surface area contributed by atoms with Crippen LogP contribution in [0.2, 0.25) is 0 Å². The molecule has 0 saturated carbocycles. The number of nitrogens with zero attached hydrogens (tertiary/aromatic N) is 3. The summed E-state index contributed by atoms with van der Waals surface area (Å²) in [5.41, 5.74) is 2.26. The normalized spacial score (nSPS) is 14.4. The van der Waals surface area contributed by atoms with Gasteiger partial charge in [0.1, 0.15) is 6.42 Å². The largest absolute Gasteiger partial charge is 0.480 e. The molecule has 21 heavy (non-hydrogen) atoms. The Bertz CT molecular complexity index is 652. The highest BCUT2D eigenvalue weighted by molar-refractivity contribution is 6.11. The van der Waals surface area contributed by atoms with Gasteiger partial charge in [-0.2, -0.15) is 5.01 Å². The molecule has 0 aromatic heterocycles. The van der Waals surface area contributed by atoms with Crippen LogP contribution in [0.3, 0.4) is 0 Å². The van der Waals surface area contributed by atoms with Gasteiger partial charge in [-0.15, -0.1) is 5.10 Å². The van der Waals surface area contributed by atoms with E-state index in [1.165, 1.54) is 5.01 Å². The second-order valence-corrected chi connectivity index (χ2v) is 4.90. The van der Waals surface area contributed by atoms with Gasteiger partial charge in [0, 0.05) is 5.56 Å². The van der Waals surface area contributed by atoms with Crippen LogP contribution in [0.4, 0.5) is 11.4 Å². The number of anilines is 1. The number of nitro groups is 1. The molecule has 1 amide bonds. The zero-order chi connectivity index (χ0) is 15.7. The zero-order valence-corrected chi connectivity index (χ0v) is 12.5. The third-order valence-corrected chi connectivity index (χ3v) is 3.35. The topological polar surface area (TPSA) is 85.0 Å². The van der Waals surface area contributed by atoms with Crippen LogP contribution in [-0.4, -0.2) is 23.3 Å². The predicted molar refractivity (Wildman–Crippen MR) is 78.5 cm³/mol. The number of nitro benzene ring substituents is 1. The van der Waals surface area contributed by atoms with Crippen molar-refractivity contribution in [2.75, 3.05) is 11.6 Å². The van der Waals surface area contributed by atoms with Crippen LogP contribution in [0.1, 0.15) is 30.0 Å². The molecule has 2 rings (SSSR count). The minimum Gasteiger partial charge on any atom is -0.480 e. The van der Waals surface area contributed by atoms with E-state index in [4.69, 9.17) is 4.74 Å². The van der Waals surface area contributed by atoms with Crippen molar-refractivity contribution in [3.05, 3.63) is 32.9 Å². The lowest BCUT2D eigenvalue weighted by Gasteiger charge is -2.18. The van der Waals surface area contributed by atoms with Gasteiger partial charge in [0.05, 0.1) is 22.8 Å². The van der Waals surface area contributed by atoms with Crippen molar-refractivity contribution in [2.24, 2.45) is 5.10 Å². The summed E-state index contributed by atoms with van der Waals surface area (Å²) in [6.07, 6.45) is 0.0778. The highest BCUT2D eigenvalue weighted by Crippen LogP contribution is 2.36. The first-order valence-electron chi connectivity index (χ1n) is 6.65. The molecule has 112 valence electrons. The van der Waals surface area contributed by atoms with Crippen molar-refractivity contribution in [1.29, 1.82) is 0 Å². The monoisotopic (exact) mass is 291 g/mol. The molecule has 1 aliphatic heterocycles. The number of amides is 1. The molecule has 0 N–H and O–H groups in total. The number of rotatable bonds is 3. The molecule has 0 unspecified atom stereocenters.